The van der Waals surface area contributed by atoms with Crippen molar-refractivity contribution in [3.63, 3.8) is 0 Å². The Kier molecular flexibility index (Phi) is 10.3. The van der Waals surface area contributed by atoms with E-state index in [9.17, 15) is 9.59 Å². The van der Waals surface area contributed by atoms with Crippen LogP contribution in [0.1, 0.15) is 60.3 Å². The van der Waals surface area contributed by atoms with Crippen LogP contribution >= 0.6 is 0 Å². The standard InChI is InChI=1S/C18H31NO3/c1-6-8-9-16(7-2)14(5)19-17(20)11-15(10-13(3)4)12-18(21)22/h6,8-9,13-15H,7,10-12H2,1-5H3,(H,19,20)(H,21,22). The largest absolute Gasteiger partial charge is 0.481 e. The zero-order chi connectivity index (χ0) is 17.1. The van der Waals surface area contributed by atoms with E-state index in [0.29, 0.717) is 5.92 Å². The number of aliphatic carboxylic acids is 1. The van der Waals surface area contributed by atoms with Crippen LogP contribution in [0, 0.1) is 11.8 Å². The average molecular weight is 309 g/mol. The lowest BCUT2D eigenvalue weighted by atomic mass is 9.91. The maximum Gasteiger partial charge on any atom is 0.303 e. The van der Waals surface area contributed by atoms with E-state index in [-0.39, 0.29) is 30.7 Å². The molecule has 1 amide bonds. The molecular weight excluding hydrogens is 278 g/mol. The first kappa shape index (κ1) is 20.4. The number of hydrogen-bond donors (Lipinski definition) is 2. The summed E-state index contributed by atoms with van der Waals surface area (Å²) in [7, 11) is 0. The second-order valence-electron chi connectivity index (χ2n) is 6.21. The summed E-state index contributed by atoms with van der Waals surface area (Å²) in [5.41, 5.74) is 1.16. The van der Waals surface area contributed by atoms with Gasteiger partial charge in [0.1, 0.15) is 0 Å². The molecule has 0 saturated carbocycles. The second kappa shape index (κ2) is 11.0. The van der Waals surface area contributed by atoms with Gasteiger partial charge in [-0.2, -0.15) is 0 Å². The molecule has 0 radical (unpaired) electrons. The first-order chi connectivity index (χ1) is 10.3. The molecule has 0 aromatic heterocycles. The van der Waals surface area contributed by atoms with Crippen LogP contribution in [0.25, 0.3) is 0 Å². The fraction of sp³-hybridized carbons (Fsp3) is 0.667. The molecule has 22 heavy (non-hydrogen) atoms. The smallest absolute Gasteiger partial charge is 0.303 e. The van der Waals surface area contributed by atoms with E-state index in [1.807, 2.05) is 45.9 Å². The van der Waals surface area contributed by atoms with Crippen molar-refractivity contribution >= 4 is 11.9 Å². The molecule has 0 aliphatic heterocycles. The molecule has 0 aliphatic rings. The third kappa shape index (κ3) is 9.37. The number of allylic oxidation sites excluding steroid dienone is 3. The Labute approximate surface area is 134 Å². The molecule has 2 N–H and O–H groups in total. The Morgan fingerprint density at radius 3 is 2.27 bits per heavy atom. The average Bonchev–Trinajstić information content (AvgIpc) is 2.37. The van der Waals surface area contributed by atoms with Gasteiger partial charge < -0.3 is 10.4 Å². The fourth-order valence-corrected chi connectivity index (χ4v) is 2.60. The van der Waals surface area contributed by atoms with Crippen molar-refractivity contribution < 1.29 is 14.7 Å². The molecule has 0 aromatic carbocycles. The van der Waals surface area contributed by atoms with Crippen LogP contribution in [0.3, 0.4) is 0 Å². The molecule has 0 aromatic rings. The highest BCUT2D eigenvalue weighted by Gasteiger charge is 2.20. The Hall–Kier alpha value is -1.58. The molecule has 2 unspecified atom stereocenters. The van der Waals surface area contributed by atoms with Crippen LogP contribution in [0.4, 0.5) is 0 Å². The Morgan fingerprint density at radius 1 is 1.18 bits per heavy atom. The minimum Gasteiger partial charge on any atom is -0.481 e. The number of hydrogen-bond acceptors (Lipinski definition) is 2. The number of carboxylic acid groups (broad SMARTS) is 1. The van der Waals surface area contributed by atoms with Gasteiger partial charge in [0, 0.05) is 18.9 Å². The van der Waals surface area contributed by atoms with Crippen molar-refractivity contribution in [1.82, 2.24) is 5.32 Å². The molecule has 0 saturated heterocycles. The lowest BCUT2D eigenvalue weighted by Gasteiger charge is -2.20. The maximum atomic E-state index is 12.2. The molecule has 0 aliphatic carbocycles. The summed E-state index contributed by atoms with van der Waals surface area (Å²) in [6, 6.07) is -0.0294. The zero-order valence-corrected chi connectivity index (χ0v) is 14.6. The quantitative estimate of drug-likeness (QED) is 0.601. The minimum atomic E-state index is -0.839. The van der Waals surface area contributed by atoms with Gasteiger partial charge in [0.25, 0.3) is 0 Å². The summed E-state index contributed by atoms with van der Waals surface area (Å²) in [5.74, 6) is -0.627. The molecular formula is C18H31NO3. The molecule has 4 heteroatoms. The van der Waals surface area contributed by atoms with Gasteiger partial charge in [-0.15, -0.1) is 0 Å². The van der Waals surface area contributed by atoms with Crippen molar-refractivity contribution in [3.05, 3.63) is 23.8 Å². The SMILES string of the molecule is CC=CC=C(CC)C(C)NC(=O)CC(CC(=O)O)CC(C)C. The predicted molar refractivity (Wildman–Crippen MR) is 90.6 cm³/mol. The highest BCUT2D eigenvalue weighted by atomic mass is 16.4. The molecule has 126 valence electrons. The van der Waals surface area contributed by atoms with E-state index >= 15 is 0 Å². The van der Waals surface area contributed by atoms with Gasteiger partial charge in [-0.1, -0.05) is 39.0 Å². The van der Waals surface area contributed by atoms with Gasteiger partial charge in [-0.25, -0.2) is 0 Å². The third-order valence-electron chi connectivity index (χ3n) is 3.59. The predicted octanol–water partition coefficient (Wildman–Crippen LogP) is 3.93. The highest BCUT2D eigenvalue weighted by Crippen LogP contribution is 2.19. The van der Waals surface area contributed by atoms with Crippen LogP contribution in [-0.2, 0) is 9.59 Å². The van der Waals surface area contributed by atoms with Crippen molar-refractivity contribution in [2.45, 2.75) is 66.3 Å². The number of carbonyl (C=O) groups excluding carboxylic acids is 1. The van der Waals surface area contributed by atoms with Gasteiger partial charge in [-0.05, 0) is 44.1 Å². The number of amides is 1. The summed E-state index contributed by atoms with van der Waals surface area (Å²) >= 11 is 0. The van der Waals surface area contributed by atoms with Gasteiger partial charge in [0.2, 0.25) is 5.91 Å². The summed E-state index contributed by atoms with van der Waals surface area (Å²) in [6.45, 7) is 10.1. The van der Waals surface area contributed by atoms with Gasteiger partial charge in [-0.3, -0.25) is 9.59 Å². The molecule has 2 atom stereocenters. The number of nitrogens with one attached hydrogen (secondary N) is 1. The van der Waals surface area contributed by atoms with Crippen LogP contribution in [0.2, 0.25) is 0 Å². The Bertz CT molecular complexity index is 411. The third-order valence-corrected chi connectivity index (χ3v) is 3.59. The Morgan fingerprint density at radius 2 is 1.82 bits per heavy atom. The lowest BCUT2D eigenvalue weighted by molar-refractivity contribution is -0.138. The van der Waals surface area contributed by atoms with E-state index < -0.39 is 5.97 Å². The number of carboxylic acids is 1. The second-order valence-corrected chi connectivity index (χ2v) is 6.21. The first-order valence-electron chi connectivity index (χ1n) is 8.12. The molecule has 4 nitrogen and oxygen atoms in total. The van der Waals surface area contributed by atoms with Crippen molar-refractivity contribution in [1.29, 1.82) is 0 Å². The topological polar surface area (TPSA) is 66.4 Å². The van der Waals surface area contributed by atoms with Crippen molar-refractivity contribution in [3.8, 4) is 0 Å². The summed E-state index contributed by atoms with van der Waals surface area (Å²) in [6.07, 6.45) is 7.89. The minimum absolute atomic E-state index is 0.0294. The molecule has 0 heterocycles. The lowest BCUT2D eigenvalue weighted by Crippen LogP contribution is -2.35. The monoisotopic (exact) mass is 309 g/mol. The van der Waals surface area contributed by atoms with Crippen molar-refractivity contribution in [2.24, 2.45) is 11.8 Å². The van der Waals surface area contributed by atoms with E-state index in [4.69, 9.17) is 5.11 Å². The summed E-state index contributed by atoms with van der Waals surface area (Å²) < 4.78 is 0. The zero-order valence-electron chi connectivity index (χ0n) is 14.6. The van der Waals surface area contributed by atoms with Gasteiger partial charge >= 0.3 is 5.97 Å². The normalized spacial score (nSPS) is 15.1. The van der Waals surface area contributed by atoms with E-state index in [0.717, 1.165) is 18.4 Å². The van der Waals surface area contributed by atoms with Gasteiger partial charge in [0.15, 0.2) is 0 Å². The van der Waals surface area contributed by atoms with Crippen LogP contribution in [0.15, 0.2) is 23.8 Å². The summed E-state index contributed by atoms with van der Waals surface area (Å²) in [5, 5.41) is 11.9. The molecule has 0 bridgehead atoms. The fourth-order valence-electron chi connectivity index (χ4n) is 2.60. The van der Waals surface area contributed by atoms with Crippen LogP contribution in [-0.4, -0.2) is 23.0 Å². The number of carbonyl (C=O) groups is 2. The molecule has 0 rings (SSSR count). The van der Waals surface area contributed by atoms with E-state index in [1.165, 1.54) is 0 Å². The molecule has 0 fully saturated rings. The molecule has 0 spiro atoms. The van der Waals surface area contributed by atoms with Crippen molar-refractivity contribution in [2.75, 3.05) is 0 Å². The summed E-state index contributed by atoms with van der Waals surface area (Å²) in [4.78, 5) is 23.1. The number of rotatable bonds is 10. The van der Waals surface area contributed by atoms with E-state index in [1.54, 1.807) is 0 Å². The highest BCUT2D eigenvalue weighted by molar-refractivity contribution is 5.77. The first-order valence-corrected chi connectivity index (χ1v) is 8.12. The van der Waals surface area contributed by atoms with Gasteiger partial charge in [0.05, 0.1) is 0 Å². The maximum absolute atomic E-state index is 12.2. The van der Waals surface area contributed by atoms with E-state index in [2.05, 4.69) is 12.2 Å². The van der Waals surface area contributed by atoms with Crippen LogP contribution in [0.5, 0.6) is 0 Å². The van der Waals surface area contributed by atoms with Crippen LogP contribution < -0.4 is 5.32 Å². The Balaban J connectivity index is 4.63.